The average Bonchev–Trinajstić information content (AvgIpc) is 2.87. The first-order valence-corrected chi connectivity index (χ1v) is 9.06. The summed E-state index contributed by atoms with van der Waals surface area (Å²) in [7, 11) is 1.32. The van der Waals surface area contributed by atoms with E-state index in [4.69, 9.17) is 10.5 Å². The van der Waals surface area contributed by atoms with Crippen molar-refractivity contribution in [1.82, 2.24) is 4.98 Å². The molecule has 0 fully saturated rings. The number of amides is 1. The molecule has 1 atom stereocenters. The van der Waals surface area contributed by atoms with Crippen LogP contribution in [0.4, 0.5) is 5.13 Å². The van der Waals surface area contributed by atoms with E-state index in [0.29, 0.717) is 22.1 Å². The number of anilines is 1. The van der Waals surface area contributed by atoms with Crippen LogP contribution in [0.2, 0.25) is 0 Å². The van der Waals surface area contributed by atoms with Gasteiger partial charge in [0.1, 0.15) is 4.88 Å². The van der Waals surface area contributed by atoms with Gasteiger partial charge >= 0.3 is 5.97 Å². The van der Waals surface area contributed by atoms with Crippen molar-refractivity contribution in [2.24, 2.45) is 5.73 Å². The van der Waals surface area contributed by atoms with Gasteiger partial charge in [0.2, 0.25) is 5.91 Å². The third kappa shape index (κ3) is 6.29. The summed E-state index contributed by atoms with van der Waals surface area (Å²) in [6.45, 7) is 5.85. The Morgan fingerprint density at radius 2 is 2.04 bits per heavy atom. The number of esters is 1. The molecule has 0 aliphatic carbocycles. The summed E-state index contributed by atoms with van der Waals surface area (Å²) in [4.78, 5) is 28.7. The third-order valence-corrected chi connectivity index (χ3v) is 4.50. The first-order valence-electron chi connectivity index (χ1n) is 6.85. The maximum absolute atomic E-state index is 12.0. The van der Waals surface area contributed by atoms with Crippen LogP contribution < -0.4 is 11.1 Å². The number of hydrogen-bond acceptors (Lipinski definition) is 7. The highest BCUT2D eigenvalue weighted by Gasteiger charge is 2.28. The van der Waals surface area contributed by atoms with E-state index < -0.39 is 12.0 Å². The first-order chi connectivity index (χ1) is 10.2. The molecule has 0 bridgehead atoms. The fraction of sp³-hybridized carbons (Fsp3) is 0.643. The summed E-state index contributed by atoms with van der Waals surface area (Å²) in [6.07, 6.45) is 2.55. The number of thioether (sulfide) groups is 1. The highest BCUT2D eigenvalue weighted by molar-refractivity contribution is 7.98. The number of aromatic nitrogens is 1. The second-order valence-corrected chi connectivity index (χ2v) is 7.80. The van der Waals surface area contributed by atoms with Gasteiger partial charge < -0.3 is 15.8 Å². The number of hydrogen-bond donors (Lipinski definition) is 2. The molecule has 0 aliphatic heterocycles. The highest BCUT2D eigenvalue weighted by Crippen LogP contribution is 2.32. The SMILES string of the molecule is COC(=O)c1sc(NC(=O)[C@@H](N)CCSC)nc1C(C)(C)C.Cl. The fourth-order valence-corrected chi connectivity index (χ4v) is 3.27. The quantitative estimate of drug-likeness (QED) is 0.735. The van der Waals surface area contributed by atoms with Crippen molar-refractivity contribution in [3.05, 3.63) is 10.6 Å². The molecular formula is C14H24ClN3O3S2. The zero-order valence-electron chi connectivity index (χ0n) is 14.0. The Labute approximate surface area is 151 Å². The summed E-state index contributed by atoms with van der Waals surface area (Å²) in [5.74, 6) is 0.0712. The minimum Gasteiger partial charge on any atom is -0.465 e. The van der Waals surface area contributed by atoms with Gasteiger partial charge in [-0.05, 0) is 18.4 Å². The van der Waals surface area contributed by atoms with Gasteiger partial charge in [0.15, 0.2) is 5.13 Å². The molecule has 3 N–H and O–H groups in total. The number of halogens is 1. The van der Waals surface area contributed by atoms with Crippen LogP contribution in [-0.4, -0.2) is 42.0 Å². The number of nitrogens with two attached hydrogens (primary N) is 1. The number of ether oxygens (including phenoxy) is 1. The number of nitrogens with one attached hydrogen (secondary N) is 1. The summed E-state index contributed by atoms with van der Waals surface area (Å²) < 4.78 is 4.78. The monoisotopic (exact) mass is 381 g/mol. The molecule has 1 aromatic rings. The molecule has 0 aromatic carbocycles. The van der Waals surface area contributed by atoms with Crippen molar-refractivity contribution in [3.8, 4) is 0 Å². The van der Waals surface area contributed by atoms with E-state index in [0.717, 1.165) is 17.1 Å². The lowest BCUT2D eigenvalue weighted by Crippen LogP contribution is -2.36. The van der Waals surface area contributed by atoms with Crippen molar-refractivity contribution < 1.29 is 14.3 Å². The van der Waals surface area contributed by atoms with Crippen LogP contribution in [0.1, 0.15) is 42.6 Å². The number of thiazole rings is 1. The third-order valence-electron chi connectivity index (χ3n) is 2.91. The van der Waals surface area contributed by atoms with Gasteiger partial charge in [0, 0.05) is 5.41 Å². The molecule has 132 valence electrons. The Kier molecular flexibility index (Phi) is 9.12. The Morgan fingerprint density at radius 3 is 2.52 bits per heavy atom. The minimum absolute atomic E-state index is 0. The van der Waals surface area contributed by atoms with Gasteiger partial charge in [-0.1, -0.05) is 32.1 Å². The number of carbonyl (C=O) groups excluding carboxylic acids is 2. The van der Waals surface area contributed by atoms with Crippen LogP contribution >= 0.6 is 35.5 Å². The van der Waals surface area contributed by atoms with Gasteiger partial charge in [0.05, 0.1) is 18.8 Å². The van der Waals surface area contributed by atoms with Crippen molar-refractivity contribution in [2.75, 3.05) is 24.4 Å². The topological polar surface area (TPSA) is 94.3 Å². The lowest BCUT2D eigenvalue weighted by molar-refractivity contribution is -0.117. The van der Waals surface area contributed by atoms with Crippen molar-refractivity contribution in [2.45, 2.75) is 38.6 Å². The van der Waals surface area contributed by atoms with Gasteiger partial charge in [-0.15, -0.1) is 12.4 Å². The van der Waals surface area contributed by atoms with E-state index in [1.54, 1.807) is 11.8 Å². The maximum atomic E-state index is 12.0. The predicted octanol–water partition coefficient (Wildman–Crippen LogP) is 2.67. The summed E-state index contributed by atoms with van der Waals surface area (Å²) in [5.41, 5.74) is 6.11. The van der Waals surface area contributed by atoms with E-state index in [1.807, 2.05) is 27.0 Å². The maximum Gasteiger partial charge on any atom is 0.350 e. The molecule has 23 heavy (non-hydrogen) atoms. The predicted molar refractivity (Wildman–Crippen MR) is 99.0 cm³/mol. The van der Waals surface area contributed by atoms with Gasteiger partial charge in [-0.25, -0.2) is 9.78 Å². The van der Waals surface area contributed by atoms with Crippen molar-refractivity contribution >= 4 is 52.5 Å². The van der Waals surface area contributed by atoms with Crippen LogP contribution in [0, 0.1) is 0 Å². The van der Waals surface area contributed by atoms with Crippen molar-refractivity contribution in [3.63, 3.8) is 0 Å². The summed E-state index contributed by atoms with van der Waals surface area (Å²) in [6, 6.07) is -0.587. The number of methoxy groups -OCH3 is 1. The molecule has 1 rings (SSSR count). The van der Waals surface area contributed by atoms with Crippen LogP contribution in [0.5, 0.6) is 0 Å². The normalized spacial score (nSPS) is 12.3. The molecule has 6 nitrogen and oxygen atoms in total. The van der Waals surface area contributed by atoms with Crippen LogP contribution in [0.25, 0.3) is 0 Å². The van der Waals surface area contributed by atoms with E-state index in [9.17, 15) is 9.59 Å². The van der Waals surface area contributed by atoms with Crippen LogP contribution in [-0.2, 0) is 14.9 Å². The molecule has 0 saturated heterocycles. The minimum atomic E-state index is -0.587. The molecule has 1 aromatic heterocycles. The Morgan fingerprint density at radius 1 is 1.43 bits per heavy atom. The molecule has 0 saturated carbocycles. The zero-order chi connectivity index (χ0) is 16.9. The number of rotatable bonds is 6. The Bertz CT molecular complexity index is 544. The first kappa shape index (κ1) is 22.2. The van der Waals surface area contributed by atoms with E-state index in [1.165, 1.54) is 7.11 Å². The van der Waals surface area contributed by atoms with E-state index in [2.05, 4.69) is 10.3 Å². The van der Waals surface area contributed by atoms with Gasteiger partial charge in [-0.2, -0.15) is 11.8 Å². The lowest BCUT2D eigenvalue weighted by Gasteiger charge is -2.16. The second kappa shape index (κ2) is 9.46. The van der Waals surface area contributed by atoms with E-state index in [-0.39, 0.29) is 23.7 Å². The molecular weight excluding hydrogens is 358 g/mol. The molecule has 0 unspecified atom stereocenters. The average molecular weight is 382 g/mol. The molecule has 0 aliphatic rings. The fourth-order valence-electron chi connectivity index (χ4n) is 1.69. The smallest absolute Gasteiger partial charge is 0.350 e. The summed E-state index contributed by atoms with van der Waals surface area (Å²) in [5, 5.41) is 3.06. The highest BCUT2D eigenvalue weighted by atomic mass is 35.5. The second-order valence-electron chi connectivity index (χ2n) is 5.82. The number of carbonyl (C=O) groups is 2. The molecule has 9 heteroatoms. The largest absolute Gasteiger partial charge is 0.465 e. The Balaban J connectivity index is 0.00000484. The summed E-state index contributed by atoms with van der Waals surface area (Å²) >= 11 is 2.75. The van der Waals surface area contributed by atoms with Gasteiger partial charge in [0.25, 0.3) is 0 Å². The van der Waals surface area contributed by atoms with Crippen molar-refractivity contribution in [1.29, 1.82) is 0 Å². The molecule has 0 spiro atoms. The zero-order valence-corrected chi connectivity index (χ0v) is 16.4. The number of nitrogens with zero attached hydrogens (tertiary/aromatic N) is 1. The molecule has 0 radical (unpaired) electrons. The Hall–Kier alpha value is -0.830. The van der Waals surface area contributed by atoms with Crippen LogP contribution in [0.15, 0.2) is 0 Å². The molecule has 1 heterocycles. The van der Waals surface area contributed by atoms with E-state index >= 15 is 0 Å². The van der Waals surface area contributed by atoms with Gasteiger partial charge in [-0.3, -0.25) is 4.79 Å². The lowest BCUT2D eigenvalue weighted by atomic mass is 9.91. The standard InChI is InChI=1S/C14H23N3O3S2.ClH/c1-14(2,3)10-9(12(19)20-4)22-13(16-10)17-11(18)8(15)6-7-21-5;/h8H,6-7,15H2,1-5H3,(H,16,17,18);1H/t8-;/m0./s1. The molecule has 1 amide bonds. The van der Waals surface area contributed by atoms with Crippen LogP contribution in [0.3, 0.4) is 0 Å².